The van der Waals surface area contributed by atoms with Crippen LogP contribution in [-0.4, -0.2) is 12.5 Å². The molecule has 0 saturated carbocycles. The van der Waals surface area contributed by atoms with Crippen LogP contribution in [0.2, 0.25) is 0 Å². The topological polar surface area (TPSA) is 29.1 Å². The second-order valence-electron chi connectivity index (χ2n) is 3.08. The van der Waals surface area contributed by atoms with Crippen LogP contribution in [0.4, 0.5) is 0 Å². The molecule has 0 atom stereocenters. The molecule has 1 fully saturated rings. The van der Waals surface area contributed by atoms with E-state index in [0.29, 0.717) is 0 Å². The van der Waals surface area contributed by atoms with Gasteiger partial charge in [0.25, 0.3) is 0 Å². The maximum Gasteiger partial charge on any atom is 0.220 e. The Morgan fingerprint density at radius 1 is 1.00 bits per heavy atom. The Morgan fingerprint density at radius 2 is 1.44 bits per heavy atom. The third kappa shape index (κ3) is 10.3. The van der Waals surface area contributed by atoms with Gasteiger partial charge in [-0.2, -0.15) is 0 Å². The smallest absolute Gasteiger partial charge is 0.220 e. The van der Waals surface area contributed by atoms with Crippen molar-refractivity contribution in [2.75, 3.05) is 6.54 Å². The fourth-order valence-corrected chi connectivity index (χ4v) is 0.950. The van der Waals surface area contributed by atoms with Crippen molar-refractivity contribution >= 4 is 5.91 Å². The number of rotatable bonds is 1. The molecule has 16 heavy (non-hydrogen) atoms. The van der Waals surface area contributed by atoms with E-state index < -0.39 is 0 Å². The number of nitrogens with one attached hydrogen (secondary N) is 1. The van der Waals surface area contributed by atoms with Gasteiger partial charge >= 0.3 is 0 Å². The average Bonchev–Trinajstić information content (AvgIpc) is 2.84. The van der Waals surface area contributed by atoms with Gasteiger partial charge in [0.15, 0.2) is 0 Å². The number of allylic oxidation sites excluding steroid dienone is 2. The quantitative estimate of drug-likeness (QED) is 0.720. The predicted octanol–water partition coefficient (Wildman–Crippen LogP) is 2.94. The summed E-state index contributed by atoms with van der Waals surface area (Å²) in [6.07, 6.45) is 5.04. The maximum atomic E-state index is 10.1. The van der Waals surface area contributed by atoms with Gasteiger partial charge in [0.2, 0.25) is 5.91 Å². The lowest BCUT2D eigenvalue weighted by atomic mass is 10.4. The van der Waals surface area contributed by atoms with Crippen molar-refractivity contribution in [3.05, 3.63) is 61.7 Å². The molecule has 0 radical (unpaired) electrons. The van der Waals surface area contributed by atoms with Gasteiger partial charge in [0.05, 0.1) is 0 Å². The third-order valence-corrected chi connectivity index (χ3v) is 1.74. The lowest BCUT2D eigenvalue weighted by Crippen LogP contribution is -2.12. The number of carbonyl (C=O) groups is 1. The largest absolute Gasteiger partial charge is 0.356 e. The van der Waals surface area contributed by atoms with E-state index in [0.717, 1.165) is 19.4 Å². The molecular formula is C14H19NO. The van der Waals surface area contributed by atoms with Gasteiger partial charge in [-0.05, 0) is 6.42 Å². The monoisotopic (exact) mass is 217 g/mol. The SMILES string of the molecule is C=CC=C.O=C1CCCN1.c1ccccc1. The zero-order chi connectivity index (χ0) is 12.1. The average molecular weight is 217 g/mol. The minimum Gasteiger partial charge on any atom is -0.356 e. The molecule has 1 aliphatic rings. The summed E-state index contributed by atoms with van der Waals surface area (Å²) in [6, 6.07) is 12.0. The summed E-state index contributed by atoms with van der Waals surface area (Å²) in [7, 11) is 0. The van der Waals surface area contributed by atoms with E-state index in [2.05, 4.69) is 18.5 Å². The molecule has 1 aliphatic heterocycles. The van der Waals surface area contributed by atoms with Crippen LogP contribution in [-0.2, 0) is 4.79 Å². The zero-order valence-corrected chi connectivity index (χ0v) is 9.56. The Bertz CT molecular complexity index is 252. The van der Waals surface area contributed by atoms with Crippen molar-refractivity contribution in [2.45, 2.75) is 12.8 Å². The zero-order valence-electron chi connectivity index (χ0n) is 9.56. The van der Waals surface area contributed by atoms with Gasteiger partial charge in [-0.25, -0.2) is 0 Å². The summed E-state index contributed by atoms with van der Waals surface area (Å²) in [6.45, 7) is 7.61. The number of carbonyl (C=O) groups excluding carboxylic acids is 1. The van der Waals surface area contributed by atoms with Gasteiger partial charge < -0.3 is 5.32 Å². The van der Waals surface area contributed by atoms with E-state index in [9.17, 15) is 4.79 Å². The van der Waals surface area contributed by atoms with Crippen molar-refractivity contribution < 1.29 is 4.79 Å². The molecule has 2 heteroatoms. The van der Waals surface area contributed by atoms with Crippen LogP contribution in [0.5, 0.6) is 0 Å². The van der Waals surface area contributed by atoms with Crippen molar-refractivity contribution in [3.8, 4) is 0 Å². The highest BCUT2D eigenvalue weighted by Gasteiger charge is 2.05. The van der Waals surface area contributed by atoms with E-state index in [-0.39, 0.29) is 5.91 Å². The van der Waals surface area contributed by atoms with Gasteiger partial charge in [-0.3, -0.25) is 4.79 Å². The second kappa shape index (κ2) is 11.2. The second-order valence-corrected chi connectivity index (χ2v) is 3.08. The van der Waals surface area contributed by atoms with E-state index in [1.165, 1.54) is 0 Å². The first kappa shape index (κ1) is 14.2. The standard InChI is InChI=1S/C6H6.C4H7NO.C4H6/c1-2-4-6-5-3-1;6-4-2-1-3-5-4;1-3-4-2/h1-6H;1-3H2,(H,5,6);3-4H,1-2H2. The number of benzene rings is 1. The summed E-state index contributed by atoms with van der Waals surface area (Å²) in [5, 5.41) is 2.68. The summed E-state index contributed by atoms with van der Waals surface area (Å²) < 4.78 is 0. The van der Waals surface area contributed by atoms with E-state index in [1.54, 1.807) is 12.2 Å². The highest BCUT2D eigenvalue weighted by Crippen LogP contribution is 1.93. The molecule has 1 aromatic rings. The Kier molecular flexibility index (Phi) is 9.96. The van der Waals surface area contributed by atoms with Crippen molar-refractivity contribution in [2.24, 2.45) is 0 Å². The van der Waals surface area contributed by atoms with Gasteiger partial charge in [-0.1, -0.05) is 61.7 Å². The fourth-order valence-electron chi connectivity index (χ4n) is 0.950. The Hall–Kier alpha value is -1.83. The molecule has 0 spiro atoms. The van der Waals surface area contributed by atoms with Crippen LogP contribution in [0.3, 0.4) is 0 Å². The lowest BCUT2D eigenvalue weighted by Gasteiger charge is -1.80. The summed E-state index contributed by atoms with van der Waals surface area (Å²) in [5.41, 5.74) is 0. The molecule has 1 amide bonds. The van der Waals surface area contributed by atoms with E-state index >= 15 is 0 Å². The number of hydrogen-bond donors (Lipinski definition) is 1. The van der Waals surface area contributed by atoms with Crippen molar-refractivity contribution in [1.82, 2.24) is 5.32 Å². The first-order valence-corrected chi connectivity index (χ1v) is 5.31. The third-order valence-electron chi connectivity index (χ3n) is 1.74. The number of amides is 1. The Balaban J connectivity index is 0.000000217. The summed E-state index contributed by atoms with van der Waals surface area (Å²) >= 11 is 0. The molecule has 1 aromatic carbocycles. The minimum absolute atomic E-state index is 0.204. The molecule has 0 unspecified atom stereocenters. The van der Waals surface area contributed by atoms with Gasteiger partial charge in [0, 0.05) is 13.0 Å². The minimum atomic E-state index is 0.204. The highest BCUT2D eigenvalue weighted by atomic mass is 16.1. The van der Waals surface area contributed by atoms with Gasteiger partial charge in [0.1, 0.15) is 0 Å². The van der Waals surface area contributed by atoms with Crippen LogP contribution in [0, 0.1) is 0 Å². The van der Waals surface area contributed by atoms with Crippen LogP contribution in [0.25, 0.3) is 0 Å². The summed E-state index contributed by atoms with van der Waals surface area (Å²) in [5.74, 6) is 0.204. The molecule has 0 bridgehead atoms. The fraction of sp³-hybridized carbons (Fsp3) is 0.214. The molecule has 2 rings (SSSR count). The van der Waals surface area contributed by atoms with E-state index in [4.69, 9.17) is 0 Å². The van der Waals surface area contributed by atoms with Gasteiger partial charge in [-0.15, -0.1) is 0 Å². The predicted molar refractivity (Wildman–Crippen MR) is 69.1 cm³/mol. The lowest BCUT2D eigenvalue weighted by molar-refractivity contribution is -0.119. The Morgan fingerprint density at radius 3 is 1.56 bits per heavy atom. The van der Waals surface area contributed by atoms with Crippen molar-refractivity contribution in [3.63, 3.8) is 0 Å². The van der Waals surface area contributed by atoms with Crippen LogP contribution in [0.15, 0.2) is 61.7 Å². The van der Waals surface area contributed by atoms with E-state index in [1.807, 2.05) is 36.4 Å². The Labute approximate surface area is 97.7 Å². The van der Waals surface area contributed by atoms with Crippen LogP contribution in [0.1, 0.15) is 12.8 Å². The van der Waals surface area contributed by atoms with Crippen molar-refractivity contribution in [1.29, 1.82) is 0 Å². The van der Waals surface area contributed by atoms with Crippen LogP contribution >= 0.6 is 0 Å². The molecule has 1 N–H and O–H groups in total. The summed E-state index contributed by atoms with van der Waals surface area (Å²) in [4.78, 5) is 10.1. The molecular weight excluding hydrogens is 198 g/mol. The highest BCUT2D eigenvalue weighted by molar-refractivity contribution is 5.77. The molecule has 0 aromatic heterocycles. The molecule has 0 aliphatic carbocycles. The molecule has 1 heterocycles. The first-order chi connectivity index (χ1) is 7.81. The first-order valence-electron chi connectivity index (χ1n) is 5.31. The molecule has 86 valence electrons. The number of hydrogen-bond acceptors (Lipinski definition) is 1. The maximum absolute atomic E-state index is 10.1. The van der Waals surface area contributed by atoms with Crippen LogP contribution < -0.4 is 5.32 Å². The molecule has 2 nitrogen and oxygen atoms in total. The molecule has 1 saturated heterocycles. The normalized spacial score (nSPS) is 12.1.